The SMILES string of the molecule is CCOC(=O)C1=C(C)N(Cc2ccccc2)[C@]23O[C@]4(C(=O)OC)C[C@H]2c2ccccc2[C@H]1N3C4=O. The van der Waals surface area contributed by atoms with Crippen molar-refractivity contribution in [1.82, 2.24) is 9.80 Å². The molecule has 1 spiro atoms. The van der Waals surface area contributed by atoms with Crippen LogP contribution in [0.5, 0.6) is 0 Å². The molecule has 2 saturated heterocycles. The van der Waals surface area contributed by atoms with Crippen LogP contribution >= 0.6 is 0 Å². The van der Waals surface area contributed by atoms with E-state index in [9.17, 15) is 14.4 Å². The van der Waals surface area contributed by atoms with Crippen molar-refractivity contribution in [1.29, 1.82) is 0 Å². The van der Waals surface area contributed by atoms with E-state index in [0.29, 0.717) is 17.8 Å². The summed E-state index contributed by atoms with van der Waals surface area (Å²) >= 11 is 0. The summed E-state index contributed by atoms with van der Waals surface area (Å²) in [6.45, 7) is 4.20. The quantitative estimate of drug-likeness (QED) is 0.487. The monoisotopic (exact) mass is 474 g/mol. The first-order valence-electron chi connectivity index (χ1n) is 11.8. The molecule has 0 unspecified atom stereocenters. The molecule has 0 aliphatic carbocycles. The van der Waals surface area contributed by atoms with E-state index in [1.54, 1.807) is 11.8 Å². The third-order valence-corrected chi connectivity index (χ3v) is 7.75. The second-order valence-electron chi connectivity index (χ2n) is 9.33. The summed E-state index contributed by atoms with van der Waals surface area (Å²) in [6, 6.07) is 16.8. The maximum absolute atomic E-state index is 14.0. The van der Waals surface area contributed by atoms with E-state index in [1.807, 2.05) is 66.4 Å². The fourth-order valence-electron chi connectivity index (χ4n) is 6.39. The molecule has 3 bridgehead atoms. The van der Waals surface area contributed by atoms with Crippen LogP contribution < -0.4 is 0 Å². The Morgan fingerprint density at radius 2 is 1.77 bits per heavy atom. The molecule has 180 valence electrons. The van der Waals surface area contributed by atoms with Gasteiger partial charge in [0.1, 0.15) is 0 Å². The lowest BCUT2D eigenvalue weighted by atomic mass is 9.70. The molecule has 0 N–H and O–H groups in total. The average Bonchev–Trinajstić information content (AvgIpc) is 3.36. The summed E-state index contributed by atoms with van der Waals surface area (Å²) in [5.74, 6) is -3.26. The molecular weight excluding hydrogens is 448 g/mol. The van der Waals surface area contributed by atoms with Crippen LogP contribution in [-0.4, -0.2) is 52.8 Å². The third kappa shape index (κ3) is 2.57. The minimum Gasteiger partial charge on any atom is -0.466 e. The zero-order valence-electron chi connectivity index (χ0n) is 19.8. The molecule has 1 amide bonds. The second kappa shape index (κ2) is 7.42. The Kier molecular flexibility index (Phi) is 4.63. The third-order valence-electron chi connectivity index (χ3n) is 7.75. The van der Waals surface area contributed by atoms with Gasteiger partial charge >= 0.3 is 11.9 Å². The predicted molar refractivity (Wildman–Crippen MR) is 123 cm³/mol. The van der Waals surface area contributed by atoms with E-state index >= 15 is 0 Å². The van der Waals surface area contributed by atoms with Gasteiger partial charge in [-0.2, -0.15) is 0 Å². The number of amides is 1. The smallest absolute Gasteiger partial charge is 0.348 e. The van der Waals surface area contributed by atoms with E-state index in [4.69, 9.17) is 14.2 Å². The molecule has 2 aromatic rings. The van der Waals surface area contributed by atoms with Crippen LogP contribution in [0.4, 0.5) is 0 Å². The molecule has 4 aliphatic rings. The number of carbonyl (C=O) groups is 3. The highest BCUT2D eigenvalue weighted by Gasteiger charge is 2.81. The van der Waals surface area contributed by atoms with E-state index in [1.165, 1.54) is 7.11 Å². The molecule has 6 rings (SSSR count). The zero-order valence-corrected chi connectivity index (χ0v) is 19.8. The molecule has 0 saturated carbocycles. The van der Waals surface area contributed by atoms with Gasteiger partial charge in [-0.3, -0.25) is 9.69 Å². The molecule has 8 heteroatoms. The molecule has 2 aromatic carbocycles. The van der Waals surface area contributed by atoms with Crippen LogP contribution in [-0.2, 0) is 35.1 Å². The van der Waals surface area contributed by atoms with Crippen molar-refractivity contribution in [3.8, 4) is 0 Å². The van der Waals surface area contributed by atoms with Crippen LogP contribution in [0.1, 0.15) is 48.9 Å². The molecule has 0 radical (unpaired) electrons. The Hall–Kier alpha value is -3.65. The molecule has 4 atom stereocenters. The highest BCUT2D eigenvalue weighted by atomic mass is 16.6. The van der Waals surface area contributed by atoms with E-state index in [0.717, 1.165) is 16.7 Å². The van der Waals surface area contributed by atoms with Crippen molar-refractivity contribution in [2.45, 2.75) is 50.2 Å². The van der Waals surface area contributed by atoms with Gasteiger partial charge in [-0.25, -0.2) is 9.59 Å². The summed E-state index contributed by atoms with van der Waals surface area (Å²) in [5, 5.41) is 0. The lowest BCUT2D eigenvalue weighted by molar-refractivity contribution is -0.222. The summed E-state index contributed by atoms with van der Waals surface area (Å²) in [5.41, 5.74) is 2.08. The van der Waals surface area contributed by atoms with E-state index in [-0.39, 0.29) is 18.9 Å². The first-order valence-corrected chi connectivity index (χ1v) is 11.8. The number of benzene rings is 2. The molecule has 8 nitrogen and oxygen atoms in total. The number of hydrogen-bond acceptors (Lipinski definition) is 7. The van der Waals surface area contributed by atoms with Gasteiger partial charge in [-0.15, -0.1) is 0 Å². The Balaban J connectivity index is 1.64. The molecule has 4 heterocycles. The maximum Gasteiger partial charge on any atom is 0.348 e. The maximum atomic E-state index is 14.0. The van der Waals surface area contributed by atoms with Gasteiger partial charge in [-0.1, -0.05) is 54.6 Å². The first-order chi connectivity index (χ1) is 16.9. The van der Waals surface area contributed by atoms with Crippen LogP contribution in [0.15, 0.2) is 65.9 Å². The van der Waals surface area contributed by atoms with Crippen molar-refractivity contribution in [2.24, 2.45) is 0 Å². The second-order valence-corrected chi connectivity index (χ2v) is 9.33. The Morgan fingerprint density at radius 1 is 1.09 bits per heavy atom. The summed E-state index contributed by atoms with van der Waals surface area (Å²) in [4.78, 5) is 44.1. The molecule has 2 fully saturated rings. The van der Waals surface area contributed by atoms with Crippen molar-refractivity contribution < 1.29 is 28.6 Å². The topological polar surface area (TPSA) is 85.4 Å². The van der Waals surface area contributed by atoms with Gasteiger partial charge in [0.05, 0.1) is 31.2 Å². The van der Waals surface area contributed by atoms with Crippen LogP contribution in [0.25, 0.3) is 0 Å². The Labute approximate surface area is 203 Å². The Bertz CT molecular complexity index is 1290. The van der Waals surface area contributed by atoms with Gasteiger partial charge in [0, 0.05) is 18.7 Å². The molecule has 4 aliphatic heterocycles. The highest BCUT2D eigenvalue weighted by Crippen LogP contribution is 2.67. The standard InChI is InChI=1S/C27H26N2O6/c1-4-34-23(30)21-16(2)28(15-17-10-6-5-7-11-17)27-20-14-26(35-27,25(32)33-3)24(31)29(27)22(21)19-13-9-8-12-18(19)20/h5-13,20,22H,4,14-15H2,1-3H3/t20-,22+,26+,27+/m0/s1. The normalized spacial score (nSPS) is 29.9. The number of methoxy groups -OCH3 is 1. The van der Waals surface area contributed by atoms with Gasteiger partial charge in [0.15, 0.2) is 0 Å². The number of rotatable bonds is 5. The number of carbonyl (C=O) groups excluding carboxylic acids is 3. The number of ether oxygens (including phenoxy) is 3. The summed E-state index contributed by atoms with van der Waals surface area (Å²) in [7, 11) is 1.26. The highest BCUT2D eigenvalue weighted by molar-refractivity contribution is 6.10. The number of allylic oxidation sites excluding steroid dienone is 1. The number of nitrogens with zero attached hydrogens (tertiary/aromatic N) is 2. The molecular formula is C27H26N2O6. The van der Waals surface area contributed by atoms with Crippen molar-refractivity contribution >= 4 is 17.8 Å². The fraction of sp³-hybridized carbons (Fsp3) is 0.370. The van der Waals surface area contributed by atoms with Gasteiger partial charge in [0.25, 0.3) is 5.91 Å². The minimum atomic E-state index is -1.76. The van der Waals surface area contributed by atoms with Crippen LogP contribution in [0, 0.1) is 0 Å². The number of hydrogen-bond donors (Lipinski definition) is 0. The zero-order chi connectivity index (χ0) is 24.5. The molecule has 35 heavy (non-hydrogen) atoms. The van der Waals surface area contributed by atoms with Gasteiger partial charge in [-0.05, 0) is 30.5 Å². The fourth-order valence-corrected chi connectivity index (χ4v) is 6.39. The number of esters is 2. The lowest BCUT2D eigenvalue weighted by Crippen LogP contribution is -2.68. The summed E-state index contributed by atoms with van der Waals surface area (Å²) in [6.07, 6.45) is 0.173. The van der Waals surface area contributed by atoms with E-state index < -0.39 is 35.3 Å². The first kappa shape index (κ1) is 21.9. The largest absolute Gasteiger partial charge is 0.466 e. The van der Waals surface area contributed by atoms with Crippen molar-refractivity contribution in [3.05, 3.63) is 82.6 Å². The van der Waals surface area contributed by atoms with Crippen LogP contribution in [0.2, 0.25) is 0 Å². The van der Waals surface area contributed by atoms with Crippen molar-refractivity contribution in [2.75, 3.05) is 13.7 Å². The van der Waals surface area contributed by atoms with Gasteiger partial charge in [0.2, 0.25) is 11.4 Å². The number of piperidine rings is 1. The van der Waals surface area contributed by atoms with Crippen molar-refractivity contribution in [3.63, 3.8) is 0 Å². The lowest BCUT2D eigenvalue weighted by Gasteiger charge is -2.59. The molecule has 0 aromatic heterocycles. The minimum absolute atomic E-state index is 0.173. The predicted octanol–water partition coefficient (Wildman–Crippen LogP) is 3.01. The number of fused-ring (bicyclic) bond motifs is 4. The van der Waals surface area contributed by atoms with Gasteiger partial charge < -0.3 is 19.1 Å². The summed E-state index contributed by atoms with van der Waals surface area (Å²) < 4.78 is 17.1. The van der Waals surface area contributed by atoms with E-state index in [2.05, 4.69) is 0 Å². The average molecular weight is 475 g/mol. The van der Waals surface area contributed by atoms with Crippen LogP contribution in [0.3, 0.4) is 0 Å². The Morgan fingerprint density at radius 3 is 2.46 bits per heavy atom.